The van der Waals surface area contributed by atoms with Crippen LogP contribution < -0.4 is 16.0 Å². The highest BCUT2D eigenvalue weighted by Crippen LogP contribution is 2.24. The summed E-state index contributed by atoms with van der Waals surface area (Å²) >= 11 is 7.02. The number of hydrogen-bond acceptors (Lipinski definition) is 4. The summed E-state index contributed by atoms with van der Waals surface area (Å²) in [5.41, 5.74) is 2.12. The summed E-state index contributed by atoms with van der Waals surface area (Å²) in [5, 5.41) is 8.11. The van der Waals surface area contributed by atoms with Crippen molar-refractivity contribution in [1.29, 1.82) is 0 Å². The van der Waals surface area contributed by atoms with Crippen molar-refractivity contribution in [2.45, 2.75) is 4.90 Å². The molecule has 4 aromatic rings. The number of thioether (sulfide) groups is 1. The fraction of sp³-hybridized carbons (Fsp3) is 0.0333. The highest BCUT2D eigenvalue weighted by molar-refractivity contribution is 8.00. The van der Waals surface area contributed by atoms with Crippen LogP contribution in [0.25, 0.3) is 6.08 Å². The molecule has 0 bridgehead atoms. The van der Waals surface area contributed by atoms with Crippen LogP contribution in [0.1, 0.15) is 15.9 Å². The average molecular weight is 560 g/mol. The molecule has 0 atom stereocenters. The zero-order valence-electron chi connectivity index (χ0n) is 20.5. The van der Waals surface area contributed by atoms with Crippen LogP contribution in [0, 0.1) is 5.82 Å². The van der Waals surface area contributed by atoms with Crippen LogP contribution in [-0.2, 0) is 9.59 Å². The second kappa shape index (κ2) is 13.4. The molecule has 0 saturated heterocycles. The molecular weight excluding hydrogens is 537 g/mol. The van der Waals surface area contributed by atoms with Gasteiger partial charge >= 0.3 is 0 Å². The number of carbonyl (C=O) groups excluding carboxylic acids is 3. The van der Waals surface area contributed by atoms with Gasteiger partial charge in [-0.05, 0) is 60.2 Å². The van der Waals surface area contributed by atoms with E-state index in [1.54, 1.807) is 60.7 Å². The summed E-state index contributed by atoms with van der Waals surface area (Å²) < 4.78 is 13.3. The highest BCUT2D eigenvalue weighted by Gasteiger charge is 2.15. The van der Waals surface area contributed by atoms with Gasteiger partial charge in [0.25, 0.3) is 11.8 Å². The molecule has 0 aromatic heterocycles. The van der Waals surface area contributed by atoms with E-state index in [1.165, 1.54) is 30.0 Å². The Morgan fingerprint density at radius 1 is 0.795 bits per heavy atom. The maximum atomic E-state index is 13.3. The number of rotatable bonds is 9. The van der Waals surface area contributed by atoms with E-state index >= 15 is 0 Å². The van der Waals surface area contributed by atoms with Crippen molar-refractivity contribution in [1.82, 2.24) is 5.32 Å². The first-order chi connectivity index (χ1) is 18.9. The minimum atomic E-state index is -0.565. The van der Waals surface area contributed by atoms with Crippen LogP contribution in [0.4, 0.5) is 15.8 Å². The standard InChI is InChI=1S/C30H23ClFN3O3S/c31-25-18-23(14-15-26(25)32)33-28(36)19-39-24-13-7-12-22(17-24)34-30(38)27(16-20-8-3-1-4-9-20)35-29(37)21-10-5-2-6-11-21/h1-18H,19H2,(H,33,36)(H,34,38)(H,35,37)/b27-16-. The fourth-order valence-electron chi connectivity index (χ4n) is 3.44. The third-order valence-corrected chi connectivity index (χ3v) is 6.59. The third-order valence-electron chi connectivity index (χ3n) is 5.30. The zero-order chi connectivity index (χ0) is 27.6. The summed E-state index contributed by atoms with van der Waals surface area (Å²) in [6.45, 7) is 0. The lowest BCUT2D eigenvalue weighted by Crippen LogP contribution is -2.30. The van der Waals surface area contributed by atoms with Gasteiger partial charge in [0.2, 0.25) is 5.91 Å². The van der Waals surface area contributed by atoms with Crippen molar-refractivity contribution in [3.8, 4) is 0 Å². The van der Waals surface area contributed by atoms with Crippen LogP contribution in [0.3, 0.4) is 0 Å². The smallest absolute Gasteiger partial charge is 0.272 e. The van der Waals surface area contributed by atoms with Gasteiger partial charge in [0.05, 0.1) is 10.8 Å². The summed E-state index contributed by atoms with van der Waals surface area (Å²) in [6, 6.07) is 28.7. The van der Waals surface area contributed by atoms with Gasteiger partial charge in [0.15, 0.2) is 0 Å². The number of amides is 3. The lowest BCUT2D eigenvalue weighted by molar-refractivity contribution is -0.114. The fourth-order valence-corrected chi connectivity index (χ4v) is 4.38. The van der Waals surface area contributed by atoms with Crippen LogP contribution in [0.5, 0.6) is 0 Å². The second-order valence-corrected chi connectivity index (χ2v) is 9.69. The number of nitrogens with one attached hydrogen (secondary N) is 3. The van der Waals surface area contributed by atoms with Crippen LogP contribution in [0.15, 0.2) is 114 Å². The number of carbonyl (C=O) groups is 3. The molecule has 0 aliphatic rings. The lowest BCUT2D eigenvalue weighted by atomic mass is 10.1. The van der Waals surface area contributed by atoms with E-state index in [0.29, 0.717) is 16.9 Å². The van der Waals surface area contributed by atoms with Crippen LogP contribution in [0.2, 0.25) is 5.02 Å². The molecule has 0 fully saturated rings. The van der Waals surface area contributed by atoms with Gasteiger partial charge in [-0.25, -0.2) is 4.39 Å². The van der Waals surface area contributed by atoms with Crippen molar-refractivity contribution >= 4 is 58.5 Å². The van der Waals surface area contributed by atoms with E-state index in [0.717, 1.165) is 10.5 Å². The lowest BCUT2D eigenvalue weighted by Gasteiger charge is -2.12. The Balaban J connectivity index is 1.42. The molecule has 4 rings (SSSR count). The molecule has 0 aliphatic carbocycles. The maximum absolute atomic E-state index is 13.3. The Labute approximate surface area is 234 Å². The zero-order valence-corrected chi connectivity index (χ0v) is 22.1. The van der Waals surface area contributed by atoms with Crippen molar-refractivity contribution in [3.63, 3.8) is 0 Å². The first-order valence-electron chi connectivity index (χ1n) is 11.8. The quantitative estimate of drug-likeness (QED) is 0.159. The SMILES string of the molecule is O=C(CSc1cccc(NC(=O)/C(=C/c2ccccc2)NC(=O)c2ccccc2)c1)Nc1ccc(F)c(Cl)c1. The van der Waals surface area contributed by atoms with E-state index in [1.807, 2.05) is 30.3 Å². The molecule has 39 heavy (non-hydrogen) atoms. The molecule has 9 heteroatoms. The molecule has 6 nitrogen and oxygen atoms in total. The van der Waals surface area contributed by atoms with Crippen LogP contribution in [-0.4, -0.2) is 23.5 Å². The Bertz CT molecular complexity index is 1510. The Morgan fingerprint density at radius 3 is 2.21 bits per heavy atom. The molecule has 4 aromatic carbocycles. The van der Waals surface area contributed by atoms with Crippen molar-refractivity contribution in [2.24, 2.45) is 0 Å². The third kappa shape index (κ3) is 8.29. The molecule has 196 valence electrons. The van der Waals surface area contributed by atoms with Crippen molar-refractivity contribution in [2.75, 3.05) is 16.4 Å². The van der Waals surface area contributed by atoms with Gasteiger partial charge in [-0.2, -0.15) is 0 Å². The van der Waals surface area contributed by atoms with Gasteiger partial charge in [0, 0.05) is 21.8 Å². The molecule has 0 radical (unpaired) electrons. The molecule has 3 N–H and O–H groups in total. The van der Waals surface area contributed by atoms with E-state index in [9.17, 15) is 18.8 Å². The van der Waals surface area contributed by atoms with Gasteiger partial charge in [-0.1, -0.05) is 66.2 Å². The van der Waals surface area contributed by atoms with Crippen molar-refractivity contribution in [3.05, 3.63) is 131 Å². The van der Waals surface area contributed by atoms with E-state index in [4.69, 9.17) is 11.6 Å². The van der Waals surface area contributed by atoms with E-state index < -0.39 is 17.6 Å². The predicted molar refractivity (Wildman–Crippen MR) is 154 cm³/mol. The minimum Gasteiger partial charge on any atom is -0.325 e. The molecule has 0 heterocycles. The summed E-state index contributed by atoms with van der Waals surface area (Å²) in [7, 11) is 0. The molecule has 3 amide bonds. The Hall–Kier alpha value is -4.40. The Morgan fingerprint density at radius 2 is 1.49 bits per heavy atom. The maximum Gasteiger partial charge on any atom is 0.272 e. The average Bonchev–Trinajstić information content (AvgIpc) is 2.95. The number of anilines is 2. The first-order valence-corrected chi connectivity index (χ1v) is 13.2. The number of halogens is 2. The Kier molecular flexibility index (Phi) is 9.50. The molecule has 0 unspecified atom stereocenters. The minimum absolute atomic E-state index is 0.0745. The predicted octanol–water partition coefficient (Wildman–Crippen LogP) is 6.62. The number of hydrogen-bond donors (Lipinski definition) is 3. The summed E-state index contributed by atoms with van der Waals surface area (Å²) in [4.78, 5) is 39.1. The van der Waals surface area contributed by atoms with Gasteiger partial charge in [0.1, 0.15) is 11.5 Å². The molecule has 0 spiro atoms. The van der Waals surface area contributed by atoms with Gasteiger partial charge < -0.3 is 16.0 Å². The number of benzene rings is 4. The van der Waals surface area contributed by atoms with Gasteiger partial charge in [-0.3, -0.25) is 14.4 Å². The highest BCUT2D eigenvalue weighted by atomic mass is 35.5. The topological polar surface area (TPSA) is 87.3 Å². The largest absolute Gasteiger partial charge is 0.325 e. The summed E-state index contributed by atoms with van der Waals surface area (Å²) in [5.74, 6) is -1.70. The monoisotopic (exact) mass is 559 g/mol. The second-order valence-electron chi connectivity index (χ2n) is 8.24. The normalized spacial score (nSPS) is 11.0. The molecule has 0 aliphatic heterocycles. The first kappa shape index (κ1) is 27.6. The summed E-state index contributed by atoms with van der Waals surface area (Å²) in [6.07, 6.45) is 1.60. The molecule has 0 saturated carbocycles. The van der Waals surface area contributed by atoms with E-state index in [-0.39, 0.29) is 22.4 Å². The van der Waals surface area contributed by atoms with Crippen LogP contribution >= 0.6 is 23.4 Å². The van der Waals surface area contributed by atoms with Crippen molar-refractivity contribution < 1.29 is 18.8 Å². The van der Waals surface area contributed by atoms with Gasteiger partial charge in [-0.15, -0.1) is 11.8 Å². The molecular formula is C30H23ClFN3O3S. The van der Waals surface area contributed by atoms with E-state index in [2.05, 4.69) is 16.0 Å².